The number of nitrogens with two attached hydrogens (primary N) is 4. The zero-order valence-electron chi connectivity index (χ0n) is 27.4. The van der Waals surface area contributed by atoms with Gasteiger partial charge < -0.3 is 64.0 Å². The van der Waals surface area contributed by atoms with Gasteiger partial charge >= 0.3 is 11.9 Å². The molecule has 20 heteroatoms. The number of guanidine groups is 1. The van der Waals surface area contributed by atoms with Crippen molar-refractivity contribution in [1.29, 1.82) is 0 Å². The highest BCUT2D eigenvalue weighted by Gasteiger charge is 2.41. The second-order valence-electron chi connectivity index (χ2n) is 12.0. The summed E-state index contributed by atoms with van der Waals surface area (Å²) in [7, 11) is 0. The van der Waals surface area contributed by atoms with Crippen molar-refractivity contribution in [2.45, 2.75) is 100 Å². The van der Waals surface area contributed by atoms with Gasteiger partial charge in [0.15, 0.2) is 5.96 Å². The van der Waals surface area contributed by atoms with Crippen molar-refractivity contribution in [3.63, 3.8) is 0 Å². The van der Waals surface area contributed by atoms with Crippen LogP contribution in [-0.2, 0) is 33.6 Å². The predicted octanol–water partition coefficient (Wildman–Crippen LogP) is -4.52. The fourth-order valence-corrected chi connectivity index (χ4v) is 5.79. The molecule has 0 spiro atoms. The Morgan fingerprint density at radius 2 is 1.35 bits per heavy atom. The number of hydrogen-bond acceptors (Lipinski definition) is 11. The Balaban J connectivity index is 2.09. The van der Waals surface area contributed by atoms with Crippen molar-refractivity contribution >= 4 is 47.4 Å². The SMILES string of the molecule is NCCCCC(N)C(=O)N1CCCC1C(=O)NC(CC(=O)O)C(=O)NC(CO)C(=O)N1CCCC1C(=O)NC(CCCN=C(N)N)C(=O)O. The smallest absolute Gasteiger partial charge is 0.326 e. The summed E-state index contributed by atoms with van der Waals surface area (Å²) in [5, 5.41) is 36.1. The number of carboxylic acid groups (broad SMARTS) is 2. The van der Waals surface area contributed by atoms with E-state index in [9.17, 15) is 48.9 Å². The minimum Gasteiger partial charge on any atom is -0.481 e. The summed E-state index contributed by atoms with van der Waals surface area (Å²) in [6.07, 6.45) is 2.29. The monoisotopic (exact) mass is 698 g/mol. The van der Waals surface area contributed by atoms with Crippen molar-refractivity contribution in [2.75, 3.05) is 32.8 Å². The quantitative estimate of drug-likeness (QED) is 0.0325. The Hall–Kier alpha value is -4.56. The normalized spacial score (nSPS) is 19.7. The molecule has 5 amide bonds. The van der Waals surface area contributed by atoms with Crippen LogP contribution in [0.2, 0.25) is 0 Å². The number of aliphatic hydroxyl groups excluding tert-OH is 1. The second-order valence-corrected chi connectivity index (χ2v) is 12.0. The van der Waals surface area contributed by atoms with Crippen molar-refractivity contribution < 1.29 is 48.9 Å². The summed E-state index contributed by atoms with van der Waals surface area (Å²) in [5.41, 5.74) is 22.1. The molecule has 0 radical (unpaired) electrons. The van der Waals surface area contributed by atoms with Crippen LogP contribution < -0.4 is 38.9 Å². The molecular weight excluding hydrogens is 648 g/mol. The van der Waals surface area contributed by atoms with Gasteiger partial charge in [0.1, 0.15) is 30.2 Å². The lowest BCUT2D eigenvalue weighted by Gasteiger charge is -2.30. The van der Waals surface area contributed by atoms with Crippen LogP contribution >= 0.6 is 0 Å². The van der Waals surface area contributed by atoms with Crippen LogP contribution in [0, 0.1) is 0 Å². The molecule has 49 heavy (non-hydrogen) atoms. The number of aliphatic carboxylic acids is 2. The molecule has 0 aromatic rings. The molecule has 2 fully saturated rings. The molecule has 0 saturated carbocycles. The average molecular weight is 699 g/mol. The zero-order valence-corrected chi connectivity index (χ0v) is 27.4. The van der Waals surface area contributed by atoms with E-state index in [1.807, 2.05) is 0 Å². The number of amides is 5. The predicted molar refractivity (Wildman–Crippen MR) is 173 cm³/mol. The highest BCUT2D eigenvalue weighted by molar-refractivity contribution is 5.97. The molecule has 6 atom stereocenters. The molecular formula is C29H50N10O10. The average Bonchev–Trinajstić information content (AvgIpc) is 3.74. The topological polar surface area (TPSA) is 339 Å². The van der Waals surface area contributed by atoms with Crippen LogP contribution in [0.25, 0.3) is 0 Å². The maximum atomic E-state index is 13.4. The largest absolute Gasteiger partial charge is 0.481 e. The number of nitrogens with one attached hydrogen (secondary N) is 3. The first-order chi connectivity index (χ1) is 23.2. The number of carboxylic acids is 2. The fourth-order valence-electron chi connectivity index (χ4n) is 5.79. The Labute approximate surface area is 283 Å². The molecule has 0 aromatic carbocycles. The van der Waals surface area contributed by atoms with E-state index in [2.05, 4.69) is 20.9 Å². The van der Waals surface area contributed by atoms with Gasteiger partial charge in [-0.2, -0.15) is 0 Å². The number of likely N-dealkylation sites (tertiary alicyclic amines) is 2. The highest BCUT2D eigenvalue weighted by atomic mass is 16.4. The van der Waals surface area contributed by atoms with Gasteiger partial charge in [-0.05, 0) is 57.9 Å². The Kier molecular flexibility index (Phi) is 16.6. The van der Waals surface area contributed by atoms with Crippen LogP contribution in [0.3, 0.4) is 0 Å². The lowest BCUT2D eigenvalue weighted by atomic mass is 10.1. The first-order valence-electron chi connectivity index (χ1n) is 16.3. The van der Waals surface area contributed by atoms with Crippen molar-refractivity contribution in [1.82, 2.24) is 25.8 Å². The summed E-state index contributed by atoms with van der Waals surface area (Å²) in [4.78, 5) is 95.5. The Morgan fingerprint density at radius 1 is 0.776 bits per heavy atom. The lowest BCUT2D eigenvalue weighted by molar-refractivity contribution is -0.146. The van der Waals surface area contributed by atoms with Gasteiger partial charge in [-0.3, -0.25) is 33.8 Å². The summed E-state index contributed by atoms with van der Waals surface area (Å²) >= 11 is 0. The molecule has 2 rings (SSSR count). The minimum absolute atomic E-state index is 0.00109. The van der Waals surface area contributed by atoms with E-state index in [1.54, 1.807) is 0 Å². The molecule has 0 bridgehead atoms. The molecule has 20 nitrogen and oxygen atoms in total. The number of nitrogens with zero attached hydrogens (tertiary/aromatic N) is 3. The number of carbonyl (C=O) groups is 7. The summed E-state index contributed by atoms with van der Waals surface area (Å²) in [5.74, 6) is -6.88. The second kappa shape index (κ2) is 20.1. The fraction of sp³-hybridized carbons (Fsp3) is 0.724. The third-order valence-corrected chi connectivity index (χ3v) is 8.33. The van der Waals surface area contributed by atoms with Gasteiger partial charge in [-0.15, -0.1) is 0 Å². The first-order valence-corrected chi connectivity index (χ1v) is 16.3. The molecule has 0 aromatic heterocycles. The molecule has 2 heterocycles. The van der Waals surface area contributed by atoms with Gasteiger partial charge in [0.2, 0.25) is 29.5 Å². The van der Waals surface area contributed by atoms with E-state index >= 15 is 0 Å². The summed E-state index contributed by atoms with van der Waals surface area (Å²) in [6, 6.07) is -7.59. The molecule has 14 N–H and O–H groups in total. The van der Waals surface area contributed by atoms with Gasteiger partial charge in [-0.1, -0.05) is 6.42 Å². The number of aliphatic hydroxyl groups is 1. The van der Waals surface area contributed by atoms with Gasteiger partial charge in [0.25, 0.3) is 0 Å². The van der Waals surface area contributed by atoms with E-state index in [1.165, 1.54) is 4.90 Å². The van der Waals surface area contributed by atoms with Crippen LogP contribution in [0.15, 0.2) is 4.99 Å². The van der Waals surface area contributed by atoms with E-state index in [0.29, 0.717) is 38.6 Å². The first kappa shape index (κ1) is 40.6. The van der Waals surface area contributed by atoms with E-state index in [0.717, 1.165) is 4.90 Å². The van der Waals surface area contributed by atoms with E-state index in [-0.39, 0.29) is 51.3 Å². The van der Waals surface area contributed by atoms with Gasteiger partial charge in [-0.25, -0.2) is 4.79 Å². The Morgan fingerprint density at radius 3 is 1.86 bits per heavy atom. The highest BCUT2D eigenvalue weighted by Crippen LogP contribution is 2.21. The third kappa shape index (κ3) is 12.4. The molecule has 2 aliphatic heterocycles. The Bertz CT molecular complexity index is 1230. The molecule has 2 aliphatic rings. The van der Waals surface area contributed by atoms with E-state index in [4.69, 9.17) is 22.9 Å². The van der Waals surface area contributed by atoms with Gasteiger partial charge in [0.05, 0.1) is 19.1 Å². The number of rotatable bonds is 20. The molecule has 0 aliphatic carbocycles. The standard InChI is InChI=1S/C29H50N10O10/c30-10-2-1-6-16(31)26(46)38-12-4-8-20(38)25(45)36-18(14-22(41)42)23(43)37-19(15-40)27(47)39-13-5-9-21(39)24(44)35-17(28(48)49)7-3-11-34-29(32)33/h16-21,40H,1-15,30-31H2,(H,35,44)(H,36,45)(H,37,43)(H,41,42)(H,48,49)(H4,32,33,34). The van der Waals surface area contributed by atoms with Crippen LogP contribution in [0.4, 0.5) is 0 Å². The number of unbranched alkanes of at least 4 members (excludes halogenated alkanes) is 1. The minimum atomic E-state index is -1.68. The van der Waals surface area contributed by atoms with Crippen molar-refractivity contribution in [2.24, 2.45) is 27.9 Å². The van der Waals surface area contributed by atoms with Crippen LogP contribution in [0.5, 0.6) is 0 Å². The summed E-state index contributed by atoms with van der Waals surface area (Å²) in [6.45, 7) is -0.0538. The number of aliphatic imine (C=N–C) groups is 1. The molecule has 6 unspecified atom stereocenters. The van der Waals surface area contributed by atoms with Crippen molar-refractivity contribution in [3.8, 4) is 0 Å². The maximum absolute atomic E-state index is 13.4. The molecule has 276 valence electrons. The zero-order chi connectivity index (χ0) is 36.7. The number of carbonyl (C=O) groups excluding carboxylic acids is 5. The van der Waals surface area contributed by atoms with Crippen LogP contribution in [0.1, 0.15) is 64.2 Å². The maximum Gasteiger partial charge on any atom is 0.326 e. The lowest BCUT2D eigenvalue weighted by Crippen LogP contribution is -2.60. The van der Waals surface area contributed by atoms with Crippen LogP contribution in [-0.4, -0.2) is 142 Å². The molecule has 2 saturated heterocycles. The third-order valence-electron chi connectivity index (χ3n) is 8.33. The number of hydrogen-bond donors (Lipinski definition) is 10. The van der Waals surface area contributed by atoms with Crippen molar-refractivity contribution in [3.05, 3.63) is 0 Å². The van der Waals surface area contributed by atoms with E-state index < -0.39 is 90.8 Å². The summed E-state index contributed by atoms with van der Waals surface area (Å²) < 4.78 is 0. The van der Waals surface area contributed by atoms with Gasteiger partial charge in [0, 0.05) is 19.6 Å².